The summed E-state index contributed by atoms with van der Waals surface area (Å²) in [5, 5.41) is 0. The molecule has 0 saturated carbocycles. The number of carbonyl (C=O) groups excluding carboxylic acids is 2. The van der Waals surface area contributed by atoms with Crippen molar-refractivity contribution < 1.29 is 28.5 Å². The number of para-hydroxylation sites is 1. The average Bonchev–Trinajstić information content (AvgIpc) is 3.26. The van der Waals surface area contributed by atoms with E-state index in [0.29, 0.717) is 49.7 Å². The first-order valence-electron chi connectivity index (χ1n) is 13.1. The molecule has 0 bridgehead atoms. The number of rotatable bonds is 11. The molecule has 0 radical (unpaired) electrons. The third-order valence-corrected chi connectivity index (χ3v) is 7.14. The van der Waals surface area contributed by atoms with Crippen LogP contribution < -0.4 is 24.4 Å². The van der Waals surface area contributed by atoms with Crippen LogP contribution in [-0.4, -0.2) is 43.4 Å². The molecule has 4 rings (SSSR count). The maximum absolute atomic E-state index is 14.0. The minimum absolute atomic E-state index is 0.194. The summed E-state index contributed by atoms with van der Waals surface area (Å²) in [6.45, 7) is 5.68. The molecular weight excluding hydrogens is 532 g/mol. The van der Waals surface area contributed by atoms with E-state index >= 15 is 0 Å². The van der Waals surface area contributed by atoms with E-state index in [-0.39, 0.29) is 25.4 Å². The summed E-state index contributed by atoms with van der Waals surface area (Å²) in [5.74, 6) is 0.0496. The van der Waals surface area contributed by atoms with E-state index in [4.69, 9.17) is 23.9 Å². The minimum atomic E-state index is -0.746. The second-order valence-corrected chi connectivity index (χ2v) is 9.83. The van der Waals surface area contributed by atoms with Crippen LogP contribution in [0.5, 0.6) is 11.5 Å². The molecule has 9 nitrogen and oxygen atoms in total. The lowest BCUT2D eigenvalue weighted by atomic mass is 9.94. The molecule has 0 fully saturated rings. The summed E-state index contributed by atoms with van der Waals surface area (Å²) < 4.78 is 23.5. The predicted molar refractivity (Wildman–Crippen MR) is 151 cm³/mol. The van der Waals surface area contributed by atoms with Gasteiger partial charge < -0.3 is 18.9 Å². The van der Waals surface area contributed by atoms with Gasteiger partial charge >= 0.3 is 11.9 Å². The van der Waals surface area contributed by atoms with E-state index in [1.54, 1.807) is 55.9 Å². The van der Waals surface area contributed by atoms with Crippen molar-refractivity contribution in [1.82, 2.24) is 4.57 Å². The highest BCUT2D eigenvalue weighted by atomic mass is 32.1. The number of carbonyl (C=O) groups is 2. The van der Waals surface area contributed by atoms with Crippen molar-refractivity contribution in [2.75, 3.05) is 26.9 Å². The van der Waals surface area contributed by atoms with Crippen LogP contribution in [0.1, 0.15) is 50.8 Å². The van der Waals surface area contributed by atoms with Crippen molar-refractivity contribution in [3.05, 3.63) is 90.6 Å². The summed E-state index contributed by atoms with van der Waals surface area (Å²) >= 11 is 1.23. The van der Waals surface area contributed by atoms with Crippen LogP contribution >= 0.6 is 11.3 Å². The zero-order chi connectivity index (χ0) is 28.6. The SMILES string of the molecule is CCCC1=C(C(=O)OCC)[C@@H](c2cccc(OC)c2)n2c(s/c(=C\c3ccccc3OCC(=O)OCC)c2=O)=N1. The maximum atomic E-state index is 14.0. The number of allylic oxidation sites excluding steroid dienone is 1. The minimum Gasteiger partial charge on any atom is -0.497 e. The Morgan fingerprint density at radius 2 is 1.82 bits per heavy atom. The molecule has 1 aliphatic heterocycles. The Bertz CT molecular complexity index is 1600. The number of hydrogen-bond donors (Lipinski definition) is 0. The fraction of sp³-hybridized carbons (Fsp3) is 0.333. The first-order valence-corrected chi connectivity index (χ1v) is 14.0. The van der Waals surface area contributed by atoms with Crippen molar-refractivity contribution in [1.29, 1.82) is 0 Å². The van der Waals surface area contributed by atoms with Crippen molar-refractivity contribution in [3.63, 3.8) is 0 Å². The summed E-state index contributed by atoms with van der Waals surface area (Å²) in [4.78, 5) is 44.4. The first-order chi connectivity index (χ1) is 19.4. The van der Waals surface area contributed by atoms with Gasteiger partial charge in [0.25, 0.3) is 5.56 Å². The van der Waals surface area contributed by atoms with Crippen molar-refractivity contribution in [2.45, 2.75) is 39.7 Å². The Hall–Kier alpha value is -4.18. The zero-order valence-corrected chi connectivity index (χ0v) is 23.8. The standard InChI is InChI=1S/C30H32N2O7S/c1-5-11-22-26(29(35)38-7-3)27(20-13-10-14-21(16-20)36-4)32-28(34)24(40-30(32)31-22)17-19-12-8-9-15-23(19)39-18-25(33)37-6-2/h8-10,12-17,27H,5-7,11,18H2,1-4H3/b24-17-/t27-/m1/s1. The summed E-state index contributed by atoms with van der Waals surface area (Å²) in [5.41, 5.74) is 1.95. The fourth-order valence-electron chi connectivity index (χ4n) is 4.46. The van der Waals surface area contributed by atoms with E-state index in [1.807, 2.05) is 31.2 Å². The second kappa shape index (κ2) is 13.3. The molecule has 210 valence electrons. The predicted octanol–water partition coefficient (Wildman–Crippen LogP) is 3.53. The largest absolute Gasteiger partial charge is 0.497 e. The lowest BCUT2D eigenvalue weighted by molar-refractivity contribution is -0.145. The number of ether oxygens (including phenoxy) is 4. The van der Waals surface area contributed by atoms with Crippen LogP contribution in [0, 0.1) is 0 Å². The Kier molecular flexibility index (Phi) is 9.55. The molecule has 0 N–H and O–H groups in total. The molecule has 40 heavy (non-hydrogen) atoms. The van der Waals surface area contributed by atoms with Crippen molar-refractivity contribution in [3.8, 4) is 11.5 Å². The van der Waals surface area contributed by atoms with E-state index in [1.165, 1.54) is 11.3 Å². The van der Waals surface area contributed by atoms with E-state index in [2.05, 4.69) is 0 Å². The molecule has 10 heteroatoms. The van der Waals surface area contributed by atoms with Gasteiger partial charge in [0.1, 0.15) is 11.5 Å². The van der Waals surface area contributed by atoms with Crippen LogP contribution in [0.4, 0.5) is 0 Å². The number of benzene rings is 2. The lowest BCUT2D eigenvalue weighted by Gasteiger charge is -2.26. The summed E-state index contributed by atoms with van der Waals surface area (Å²) in [6, 6.07) is 13.7. The summed E-state index contributed by atoms with van der Waals surface area (Å²) in [7, 11) is 1.57. The molecule has 1 aromatic heterocycles. The zero-order valence-electron chi connectivity index (χ0n) is 23.0. The van der Waals surface area contributed by atoms with Crippen LogP contribution in [0.2, 0.25) is 0 Å². The first kappa shape index (κ1) is 28.8. The third-order valence-electron chi connectivity index (χ3n) is 6.16. The van der Waals surface area contributed by atoms with Gasteiger partial charge in [-0.1, -0.05) is 55.0 Å². The number of aromatic nitrogens is 1. The van der Waals surface area contributed by atoms with Crippen molar-refractivity contribution >= 4 is 29.4 Å². The monoisotopic (exact) mass is 564 g/mol. The molecule has 0 aliphatic carbocycles. The average molecular weight is 565 g/mol. The lowest BCUT2D eigenvalue weighted by Crippen LogP contribution is -2.40. The van der Waals surface area contributed by atoms with E-state index in [9.17, 15) is 14.4 Å². The highest BCUT2D eigenvalue weighted by Gasteiger charge is 2.34. The van der Waals surface area contributed by atoms with Gasteiger partial charge in [-0.3, -0.25) is 9.36 Å². The van der Waals surface area contributed by atoms with Gasteiger partial charge in [-0.2, -0.15) is 0 Å². The summed E-state index contributed by atoms with van der Waals surface area (Å²) in [6.07, 6.45) is 3.01. The molecule has 2 heterocycles. The highest BCUT2D eigenvalue weighted by molar-refractivity contribution is 7.07. The van der Waals surface area contributed by atoms with Gasteiger partial charge in [0.2, 0.25) is 0 Å². The number of thiazole rings is 1. The molecule has 0 saturated heterocycles. The van der Waals surface area contributed by atoms with Crippen LogP contribution in [0.15, 0.2) is 69.6 Å². The number of methoxy groups -OCH3 is 1. The fourth-order valence-corrected chi connectivity index (χ4v) is 5.47. The van der Waals surface area contributed by atoms with Gasteiger partial charge in [0, 0.05) is 5.56 Å². The van der Waals surface area contributed by atoms with Gasteiger partial charge in [0.05, 0.1) is 42.2 Å². The Labute approximate surface area is 236 Å². The Morgan fingerprint density at radius 3 is 2.55 bits per heavy atom. The Morgan fingerprint density at radius 1 is 1.05 bits per heavy atom. The van der Waals surface area contributed by atoms with Crippen LogP contribution in [0.3, 0.4) is 0 Å². The molecular formula is C30H32N2O7S. The maximum Gasteiger partial charge on any atom is 0.344 e. The number of fused-ring (bicyclic) bond motifs is 1. The molecule has 1 aliphatic rings. The van der Waals surface area contributed by atoms with Gasteiger partial charge in [0.15, 0.2) is 11.4 Å². The molecule has 0 unspecified atom stereocenters. The van der Waals surface area contributed by atoms with E-state index in [0.717, 1.165) is 6.42 Å². The third kappa shape index (κ3) is 6.17. The van der Waals surface area contributed by atoms with Gasteiger partial charge in [-0.15, -0.1) is 0 Å². The normalized spacial score (nSPS) is 14.8. The van der Waals surface area contributed by atoms with Gasteiger partial charge in [-0.25, -0.2) is 14.6 Å². The van der Waals surface area contributed by atoms with Crippen LogP contribution in [-0.2, 0) is 19.1 Å². The van der Waals surface area contributed by atoms with Crippen LogP contribution in [0.25, 0.3) is 6.08 Å². The Balaban J connectivity index is 1.90. The molecule has 2 aromatic carbocycles. The number of esters is 2. The topological polar surface area (TPSA) is 105 Å². The van der Waals surface area contributed by atoms with Crippen molar-refractivity contribution in [2.24, 2.45) is 4.99 Å². The van der Waals surface area contributed by atoms with Gasteiger partial charge in [-0.05, 0) is 50.1 Å². The molecule has 0 spiro atoms. The number of hydrogen-bond acceptors (Lipinski definition) is 9. The smallest absolute Gasteiger partial charge is 0.344 e. The molecule has 1 atom stereocenters. The molecule has 3 aromatic rings. The quantitative estimate of drug-likeness (QED) is 0.328. The van der Waals surface area contributed by atoms with E-state index < -0.39 is 18.0 Å². The number of nitrogens with zero attached hydrogens (tertiary/aromatic N) is 2. The molecule has 0 amide bonds. The highest BCUT2D eigenvalue weighted by Crippen LogP contribution is 2.34. The second-order valence-electron chi connectivity index (χ2n) is 8.82.